The van der Waals surface area contributed by atoms with Crippen LogP contribution < -0.4 is 10.6 Å². The summed E-state index contributed by atoms with van der Waals surface area (Å²) < 4.78 is 5.66. The van der Waals surface area contributed by atoms with Gasteiger partial charge in [0.1, 0.15) is 10.4 Å². The minimum atomic E-state index is -0.706. The van der Waals surface area contributed by atoms with Gasteiger partial charge in [0, 0.05) is 18.5 Å². The van der Waals surface area contributed by atoms with Crippen molar-refractivity contribution in [3.8, 4) is 0 Å². The summed E-state index contributed by atoms with van der Waals surface area (Å²) in [4.78, 5) is 21.4. The van der Waals surface area contributed by atoms with Gasteiger partial charge in [0.05, 0.1) is 19.0 Å². The molecule has 6 nitrogen and oxygen atoms in total. The summed E-state index contributed by atoms with van der Waals surface area (Å²) in [6, 6.07) is 0. The van der Waals surface area contributed by atoms with Crippen LogP contribution in [0.3, 0.4) is 0 Å². The summed E-state index contributed by atoms with van der Waals surface area (Å²) >= 11 is 3.27. The Morgan fingerprint density at radius 3 is 2.68 bits per heavy atom. The highest BCUT2D eigenvalue weighted by molar-refractivity contribution is 9.10. The molecule has 0 saturated carbocycles. The second-order valence-corrected chi connectivity index (χ2v) is 5.92. The molecule has 0 unspecified atom stereocenters. The quantitative estimate of drug-likeness (QED) is 0.916. The zero-order valence-electron chi connectivity index (χ0n) is 10.8. The highest BCUT2D eigenvalue weighted by atomic mass is 79.9. The highest BCUT2D eigenvalue weighted by Crippen LogP contribution is 2.32. The van der Waals surface area contributed by atoms with Crippen LogP contribution in [0.2, 0.25) is 0 Å². The van der Waals surface area contributed by atoms with Crippen molar-refractivity contribution < 1.29 is 9.53 Å². The molecule has 0 atom stereocenters. The van der Waals surface area contributed by atoms with Gasteiger partial charge >= 0.3 is 6.09 Å². The fourth-order valence-corrected chi connectivity index (χ4v) is 2.34. The zero-order chi connectivity index (χ0) is 13.9. The van der Waals surface area contributed by atoms with Crippen molar-refractivity contribution in [2.45, 2.75) is 19.8 Å². The van der Waals surface area contributed by atoms with Crippen LogP contribution in [0.4, 0.5) is 10.6 Å². The predicted octanol–water partition coefficient (Wildman–Crippen LogP) is 1.94. The van der Waals surface area contributed by atoms with Gasteiger partial charge in [-0.1, -0.05) is 6.92 Å². The van der Waals surface area contributed by atoms with Crippen molar-refractivity contribution in [1.29, 1.82) is 0 Å². The van der Waals surface area contributed by atoms with E-state index in [1.54, 1.807) is 12.4 Å². The molecular weight excluding hydrogens is 312 g/mol. The standard InChI is InChI=1S/C12H17BrN4O2/c1-12(8-19-11(14)18)2-4-17(5-3-12)10-7-15-9(13)6-16-10/h6-7H,2-5,8H2,1H3,(H2,14,18). The van der Waals surface area contributed by atoms with Gasteiger partial charge in [0.15, 0.2) is 0 Å². The Morgan fingerprint density at radius 1 is 1.47 bits per heavy atom. The van der Waals surface area contributed by atoms with Gasteiger partial charge < -0.3 is 15.4 Å². The smallest absolute Gasteiger partial charge is 0.404 e. The number of amides is 1. The first-order chi connectivity index (χ1) is 8.98. The van der Waals surface area contributed by atoms with Crippen molar-refractivity contribution in [2.24, 2.45) is 11.1 Å². The summed E-state index contributed by atoms with van der Waals surface area (Å²) in [6.45, 7) is 4.23. The molecule has 1 aromatic heterocycles. The Kier molecular flexibility index (Phi) is 4.24. The van der Waals surface area contributed by atoms with Crippen LogP contribution in [-0.4, -0.2) is 35.8 Å². The molecule has 1 aromatic rings. The Labute approximate surface area is 120 Å². The summed E-state index contributed by atoms with van der Waals surface area (Å²) in [7, 11) is 0. The molecule has 1 fully saturated rings. The monoisotopic (exact) mass is 328 g/mol. The molecule has 1 aliphatic rings. The van der Waals surface area contributed by atoms with E-state index in [0.717, 1.165) is 36.4 Å². The third-order valence-corrected chi connectivity index (χ3v) is 3.87. The molecule has 1 saturated heterocycles. The van der Waals surface area contributed by atoms with Gasteiger partial charge in [-0.3, -0.25) is 0 Å². The normalized spacial score (nSPS) is 18.1. The maximum Gasteiger partial charge on any atom is 0.404 e. The number of ether oxygens (including phenoxy) is 1. The lowest BCUT2D eigenvalue weighted by Gasteiger charge is -2.39. The topological polar surface area (TPSA) is 81.3 Å². The molecule has 0 aliphatic carbocycles. The Balaban J connectivity index is 1.91. The van der Waals surface area contributed by atoms with Crippen LogP contribution in [0, 0.1) is 5.41 Å². The number of piperidine rings is 1. The Bertz CT molecular complexity index is 444. The third-order valence-electron chi connectivity index (χ3n) is 3.46. The first-order valence-corrected chi connectivity index (χ1v) is 6.93. The Hall–Kier alpha value is -1.37. The first kappa shape index (κ1) is 14.0. The van der Waals surface area contributed by atoms with E-state index < -0.39 is 6.09 Å². The van der Waals surface area contributed by atoms with E-state index >= 15 is 0 Å². The molecule has 2 rings (SSSR count). The molecule has 0 radical (unpaired) electrons. The number of hydrogen-bond donors (Lipinski definition) is 1. The minimum Gasteiger partial charge on any atom is -0.449 e. The van der Waals surface area contributed by atoms with Gasteiger partial charge in [0.25, 0.3) is 0 Å². The van der Waals surface area contributed by atoms with Gasteiger partial charge in [-0.25, -0.2) is 14.8 Å². The third kappa shape index (κ3) is 3.79. The lowest BCUT2D eigenvalue weighted by molar-refractivity contribution is 0.0818. The lowest BCUT2D eigenvalue weighted by atomic mass is 9.81. The van der Waals surface area contributed by atoms with E-state index in [1.165, 1.54) is 0 Å². The number of carbonyl (C=O) groups is 1. The van der Waals surface area contributed by atoms with Crippen LogP contribution in [0.15, 0.2) is 17.0 Å². The van der Waals surface area contributed by atoms with Gasteiger partial charge in [-0.2, -0.15) is 0 Å². The van der Waals surface area contributed by atoms with Crippen LogP contribution in [0.25, 0.3) is 0 Å². The number of carbonyl (C=O) groups excluding carboxylic acids is 1. The number of nitrogens with zero attached hydrogens (tertiary/aromatic N) is 3. The summed E-state index contributed by atoms with van der Waals surface area (Å²) in [5.74, 6) is 0.876. The average Bonchev–Trinajstić information content (AvgIpc) is 2.39. The molecule has 1 aliphatic heterocycles. The fraction of sp³-hybridized carbons (Fsp3) is 0.583. The van der Waals surface area contributed by atoms with E-state index in [4.69, 9.17) is 10.5 Å². The molecular formula is C12H17BrN4O2. The maximum atomic E-state index is 10.7. The molecule has 1 amide bonds. The van der Waals surface area contributed by atoms with Gasteiger partial charge in [-0.05, 0) is 28.8 Å². The molecule has 0 spiro atoms. The summed E-state index contributed by atoms with van der Waals surface area (Å²) in [5, 5.41) is 0. The molecule has 19 heavy (non-hydrogen) atoms. The van der Waals surface area contributed by atoms with Gasteiger partial charge in [-0.15, -0.1) is 0 Å². The molecule has 2 N–H and O–H groups in total. The minimum absolute atomic E-state index is 0.00563. The first-order valence-electron chi connectivity index (χ1n) is 6.13. The van der Waals surface area contributed by atoms with E-state index in [2.05, 4.69) is 37.7 Å². The molecule has 104 valence electrons. The van der Waals surface area contributed by atoms with Crippen molar-refractivity contribution >= 4 is 27.8 Å². The Morgan fingerprint density at radius 2 is 2.16 bits per heavy atom. The zero-order valence-corrected chi connectivity index (χ0v) is 12.4. The highest BCUT2D eigenvalue weighted by Gasteiger charge is 2.31. The molecule has 7 heteroatoms. The van der Waals surface area contributed by atoms with Crippen LogP contribution in [0.5, 0.6) is 0 Å². The number of anilines is 1. The van der Waals surface area contributed by atoms with E-state index in [1.807, 2.05) is 0 Å². The number of aromatic nitrogens is 2. The summed E-state index contributed by atoms with van der Waals surface area (Å²) in [5.41, 5.74) is 5.00. The lowest BCUT2D eigenvalue weighted by Crippen LogP contribution is -2.42. The van der Waals surface area contributed by atoms with Crippen molar-refractivity contribution in [2.75, 3.05) is 24.6 Å². The largest absolute Gasteiger partial charge is 0.449 e. The number of primary amides is 1. The average molecular weight is 329 g/mol. The van der Waals surface area contributed by atoms with Crippen LogP contribution in [0.1, 0.15) is 19.8 Å². The van der Waals surface area contributed by atoms with Crippen molar-refractivity contribution in [3.63, 3.8) is 0 Å². The fourth-order valence-electron chi connectivity index (χ4n) is 2.13. The summed E-state index contributed by atoms with van der Waals surface area (Å²) in [6.07, 6.45) is 4.60. The van der Waals surface area contributed by atoms with E-state index in [-0.39, 0.29) is 5.41 Å². The molecule has 0 aromatic carbocycles. The maximum absolute atomic E-state index is 10.7. The molecule has 2 heterocycles. The van der Waals surface area contributed by atoms with E-state index in [9.17, 15) is 4.79 Å². The second kappa shape index (κ2) is 5.73. The van der Waals surface area contributed by atoms with Crippen LogP contribution >= 0.6 is 15.9 Å². The predicted molar refractivity (Wildman–Crippen MR) is 74.8 cm³/mol. The van der Waals surface area contributed by atoms with Gasteiger partial charge in [0.2, 0.25) is 0 Å². The SMILES string of the molecule is CC1(COC(N)=O)CCN(c2cnc(Br)cn2)CC1. The van der Waals surface area contributed by atoms with E-state index in [0.29, 0.717) is 6.61 Å². The molecule has 0 bridgehead atoms. The second-order valence-electron chi connectivity index (χ2n) is 5.10. The number of nitrogens with two attached hydrogens (primary N) is 1. The number of halogens is 1. The number of hydrogen-bond acceptors (Lipinski definition) is 5. The van der Waals surface area contributed by atoms with Crippen molar-refractivity contribution in [3.05, 3.63) is 17.0 Å². The van der Waals surface area contributed by atoms with Crippen LogP contribution in [-0.2, 0) is 4.74 Å². The number of rotatable bonds is 3. The van der Waals surface area contributed by atoms with Crippen molar-refractivity contribution in [1.82, 2.24) is 9.97 Å².